The van der Waals surface area contributed by atoms with Gasteiger partial charge in [-0.15, -0.1) is 0 Å². The average molecular weight is 981 g/mol. The van der Waals surface area contributed by atoms with Gasteiger partial charge in [0.05, 0.1) is 28.1 Å². The summed E-state index contributed by atoms with van der Waals surface area (Å²) in [7, 11) is 0. The SMILES string of the molecule is CC(C)(C)C1=CC2c3cc(C(C)(C)C)ccc3N3c4cccc5c4B(C(=C1)C23)c1c2c3cccc4c3n(c2cc2c3ccccc3n-5c12)-c1cccc2c1B4c1cc(C(C)(C)C)cc3c4cc(C(C)(C)C)ccc4n-2c13. The first-order valence-corrected chi connectivity index (χ1v) is 28.1. The Morgan fingerprint density at radius 2 is 0.974 bits per heavy atom. The van der Waals surface area contributed by atoms with E-state index in [0.29, 0.717) is 0 Å². The van der Waals surface area contributed by atoms with Gasteiger partial charge in [-0.1, -0.05) is 174 Å². The van der Waals surface area contributed by atoms with E-state index in [9.17, 15) is 0 Å². The Hall–Kier alpha value is -7.43. The van der Waals surface area contributed by atoms with E-state index < -0.39 is 0 Å². The van der Waals surface area contributed by atoms with E-state index in [-0.39, 0.29) is 47.0 Å². The molecule has 2 unspecified atom stereocenters. The molecule has 0 fully saturated rings. The van der Waals surface area contributed by atoms with Crippen LogP contribution in [0.5, 0.6) is 0 Å². The van der Waals surface area contributed by atoms with E-state index in [1.807, 2.05) is 0 Å². The molecular weight excluding hydrogens is 918 g/mol. The lowest BCUT2D eigenvalue weighted by molar-refractivity contribution is 0.505. The fourth-order valence-corrected chi connectivity index (χ4v) is 15.8. The van der Waals surface area contributed by atoms with Crippen LogP contribution in [0.2, 0.25) is 0 Å². The fourth-order valence-electron chi connectivity index (χ4n) is 15.8. The summed E-state index contributed by atoms with van der Waals surface area (Å²) in [6.07, 6.45) is 5.34. The predicted octanol–water partition coefficient (Wildman–Crippen LogP) is 14.0. The third-order valence-electron chi connectivity index (χ3n) is 19.3. The summed E-state index contributed by atoms with van der Waals surface area (Å²) in [6.45, 7) is 28.6. The van der Waals surface area contributed by atoms with Crippen molar-refractivity contribution in [3.05, 3.63) is 179 Å². The number of hydrogen-bond acceptors (Lipinski definition) is 1. The summed E-state index contributed by atoms with van der Waals surface area (Å²) in [6, 6.07) is 53.6. The van der Waals surface area contributed by atoms with Crippen LogP contribution in [0.1, 0.15) is 111 Å². The molecule has 8 aromatic carbocycles. The normalized spacial score (nSPS) is 17.8. The summed E-state index contributed by atoms with van der Waals surface area (Å²) < 4.78 is 8.04. The van der Waals surface area contributed by atoms with Gasteiger partial charge in [-0.3, -0.25) is 0 Å². The van der Waals surface area contributed by atoms with E-state index in [1.54, 1.807) is 0 Å². The van der Waals surface area contributed by atoms with Gasteiger partial charge in [0.25, 0.3) is 6.71 Å². The van der Waals surface area contributed by atoms with Gasteiger partial charge in [-0.05, 0) is 137 Å². The van der Waals surface area contributed by atoms with Crippen molar-refractivity contribution in [1.29, 1.82) is 0 Å². The predicted molar refractivity (Wildman–Crippen MR) is 326 cm³/mol. The summed E-state index contributed by atoms with van der Waals surface area (Å²) in [5, 5.41) is 8.11. The number of anilines is 2. The maximum Gasteiger partial charge on any atom is 0.252 e. The van der Waals surface area contributed by atoms with Crippen molar-refractivity contribution in [2.45, 2.75) is 111 Å². The zero-order chi connectivity index (χ0) is 51.8. The molecule has 0 bridgehead atoms. The molecule has 6 aliphatic rings. The van der Waals surface area contributed by atoms with E-state index in [2.05, 4.69) is 247 Å². The molecular formula is C70H62B2N4. The molecule has 17 rings (SSSR count). The summed E-state index contributed by atoms with van der Waals surface area (Å²) in [4.78, 5) is 2.76. The van der Waals surface area contributed by atoms with Crippen molar-refractivity contribution in [2.75, 3.05) is 4.90 Å². The lowest BCUT2D eigenvalue weighted by Crippen LogP contribution is -2.60. The number of aromatic nitrogens is 3. The molecule has 2 atom stereocenters. The highest BCUT2D eigenvalue weighted by Gasteiger charge is 2.54. The molecule has 0 N–H and O–H groups in total. The van der Waals surface area contributed by atoms with Gasteiger partial charge in [-0.2, -0.15) is 0 Å². The van der Waals surface area contributed by atoms with Gasteiger partial charge < -0.3 is 18.6 Å². The molecule has 6 heteroatoms. The lowest BCUT2D eigenvalue weighted by atomic mass is 9.31. The molecule has 5 aliphatic heterocycles. The van der Waals surface area contributed by atoms with E-state index in [4.69, 9.17) is 0 Å². The first kappa shape index (κ1) is 43.8. The van der Waals surface area contributed by atoms with E-state index >= 15 is 0 Å². The second-order valence-corrected chi connectivity index (χ2v) is 27.7. The van der Waals surface area contributed by atoms with Gasteiger partial charge in [0, 0.05) is 77.7 Å². The second kappa shape index (κ2) is 13.6. The molecule has 3 aromatic heterocycles. The van der Waals surface area contributed by atoms with Crippen LogP contribution in [0.15, 0.2) is 157 Å². The maximum atomic E-state index is 2.76. The van der Waals surface area contributed by atoms with Crippen molar-refractivity contribution in [2.24, 2.45) is 5.41 Å². The van der Waals surface area contributed by atoms with Crippen LogP contribution >= 0.6 is 0 Å². The molecule has 0 saturated heterocycles. The zero-order valence-electron chi connectivity index (χ0n) is 46.0. The standard InChI is InChI=1S/C70H62B2N4/c1-67(2,3)37-26-28-52-43(30-37)45-32-39(69(7,8)9)34-49-64(45)73(52)54-22-16-23-55-60(54)71(49)48-20-15-19-42-59-58(76(55)63(42)48)36-47-41-18-13-14-21-51(41)75-57-25-17-24-56-61(57)72(62(59)66(47)75)50-35-40(70(10,11)12)33-46-44-31-38(68(4,5)6)27-29-53(44)74(56)65(46)50/h13-36,46,65H,1-12H3. The smallest absolute Gasteiger partial charge is 0.252 e. The number of benzene rings is 8. The van der Waals surface area contributed by atoms with Gasteiger partial charge in [-0.25, -0.2) is 0 Å². The van der Waals surface area contributed by atoms with Gasteiger partial charge >= 0.3 is 0 Å². The highest BCUT2D eigenvalue weighted by molar-refractivity contribution is 7.01. The van der Waals surface area contributed by atoms with Crippen molar-refractivity contribution in [3.8, 4) is 17.1 Å². The van der Waals surface area contributed by atoms with E-state index in [0.717, 1.165) is 0 Å². The second-order valence-electron chi connectivity index (χ2n) is 27.7. The molecule has 0 radical (unpaired) electrons. The Kier molecular flexibility index (Phi) is 7.81. The summed E-state index contributed by atoms with van der Waals surface area (Å²) >= 11 is 0. The van der Waals surface area contributed by atoms with Crippen molar-refractivity contribution in [3.63, 3.8) is 0 Å². The van der Waals surface area contributed by atoms with Crippen LogP contribution in [0, 0.1) is 5.41 Å². The van der Waals surface area contributed by atoms with E-state index in [1.165, 1.54) is 154 Å². The monoisotopic (exact) mass is 981 g/mol. The summed E-state index contributed by atoms with van der Waals surface area (Å²) in [5.41, 5.74) is 30.2. The Balaban J connectivity index is 1.02. The molecule has 0 spiro atoms. The minimum atomic E-state index is -0.0450. The topological polar surface area (TPSA) is 18.0 Å². The van der Waals surface area contributed by atoms with Crippen LogP contribution in [-0.4, -0.2) is 33.2 Å². The number of hydrogen-bond donors (Lipinski definition) is 0. The van der Waals surface area contributed by atoms with Crippen molar-refractivity contribution >= 4 is 118 Å². The molecule has 76 heavy (non-hydrogen) atoms. The van der Waals surface area contributed by atoms with Crippen LogP contribution in [0.3, 0.4) is 0 Å². The Labute approximate surface area is 446 Å². The van der Waals surface area contributed by atoms with Crippen molar-refractivity contribution in [1.82, 2.24) is 13.7 Å². The summed E-state index contributed by atoms with van der Waals surface area (Å²) in [5.74, 6) is 0.225. The molecule has 1 aliphatic carbocycles. The minimum Gasteiger partial charge on any atom is -0.334 e. The fraction of sp³-hybridized carbons (Fsp3) is 0.257. The number of allylic oxidation sites excluding steroid dienone is 2. The zero-order valence-corrected chi connectivity index (χ0v) is 46.0. The van der Waals surface area contributed by atoms with Crippen LogP contribution in [0.25, 0.3) is 82.5 Å². The molecule has 0 saturated carbocycles. The molecule has 4 nitrogen and oxygen atoms in total. The highest BCUT2D eigenvalue weighted by atomic mass is 15.2. The minimum absolute atomic E-state index is 0.0286. The first-order chi connectivity index (χ1) is 36.3. The third kappa shape index (κ3) is 5.16. The van der Waals surface area contributed by atoms with Gasteiger partial charge in [0.1, 0.15) is 0 Å². The Bertz CT molecular complexity index is 4650. The molecule has 0 amide bonds. The van der Waals surface area contributed by atoms with Crippen LogP contribution < -0.4 is 32.2 Å². The molecule has 368 valence electrons. The lowest BCUT2D eigenvalue weighted by Gasteiger charge is -2.46. The number of rotatable bonds is 0. The Morgan fingerprint density at radius 3 is 1.70 bits per heavy atom. The first-order valence-electron chi connectivity index (χ1n) is 28.1. The molecule has 11 aromatic rings. The van der Waals surface area contributed by atoms with Crippen LogP contribution in [0.4, 0.5) is 11.4 Å². The quantitative estimate of drug-likeness (QED) is 0.139. The van der Waals surface area contributed by atoms with Gasteiger partial charge in [0.2, 0.25) is 6.71 Å². The average Bonchev–Trinajstić information content (AvgIpc) is 4.12. The third-order valence-corrected chi connectivity index (χ3v) is 19.3. The van der Waals surface area contributed by atoms with Crippen LogP contribution in [-0.2, 0) is 16.2 Å². The largest absolute Gasteiger partial charge is 0.334 e. The number of nitrogens with zero attached hydrogens (tertiary/aromatic N) is 4. The Morgan fingerprint density at radius 1 is 0.395 bits per heavy atom. The highest BCUT2D eigenvalue weighted by Crippen LogP contribution is 2.56. The molecule has 8 heterocycles. The number of fused-ring (bicyclic) bond motifs is 21. The number of para-hydroxylation sites is 2. The van der Waals surface area contributed by atoms with Gasteiger partial charge in [0.15, 0.2) is 0 Å². The van der Waals surface area contributed by atoms with Crippen molar-refractivity contribution < 1.29 is 0 Å². The maximum absolute atomic E-state index is 2.76.